The summed E-state index contributed by atoms with van der Waals surface area (Å²) in [5.41, 5.74) is 4.37. The molecule has 0 fully saturated rings. The number of hydrogen-bond donors (Lipinski definition) is 1. The van der Waals surface area contributed by atoms with Crippen molar-refractivity contribution < 1.29 is 9.13 Å². The maximum atomic E-state index is 13.5. The molecule has 0 saturated heterocycles. The summed E-state index contributed by atoms with van der Waals surface area (Å²) in [6.07, 6.45) is 1.79. The van der Waals surface area contributed by atoms with Crippen molar-refractivity contribution in [3.05, 3.63) is 53.9 Å². The molecule has 0 atom stereocenters. The Kier molecular flexibility index (Phi) is 3.85. The molecule has 0 aliphatic heterocycles. The van der Waals surface area contributed by atoms with E-state index >= 15 is 0 Å². The summed E-state index contributed by atoms with van der Waals surface area (Å²) in [4.78, 5) is 8.97. The van der Waals surface area contributed by atoms with Crippen LogP contribution < -0.4 is 10.1 Å². The minimum Gasteiger partial charge on any atom is -0.495 e. The molecule has 5 nitrogen and oxygen atoms in total. The quantitative estimate of drug-likeness (QED) is 0.582. The van der Waals surface area contributed by atoms with E-state index in [1.165, 1.54) is 23.5 Å². The van der Waals surface area contributed by atoms with Crippen molar-refractivity contribution in [2.24, 2.45) is 7.05 Å². The van der Waals surface area contributed by atoms with Crippen LogP contribution in [-0.2, 0) is 7.05 Å². The molecule has 2 aromatic heterocycles. The third-order valence-corrected chi connectivity index (χ3v) is 4.69. The van der Waals surface area contributed by atoms with Crippen LogP contribution in [-0.4, -0.2) is 21.6 Å². The third-order valence-electron chi connectivity index (χ3n) is 3.93. The number of nitrogens with one attached hydrogen (secondary N) is 1. The molecule has 2 heterocycles. The highest BCUT2D eigenvalue weighted by Crippen LogP contribution is 2.32. The lowest BCUT2D eigenvalue weighted by Crippen LogP contribution is -1.95. The summed E-state index contributed by atoms with van der Waals surface area (Å²) in [5.74, 6) is 0.230. The number of fused-ring (bicyclic) bond motifs is 1. The van der Waals surface area contributed by atoms with E-state index in [1.807, 2.05) is 35.2 Å². The molecular formula is C18H15FN4OS. The van der Waals surface area contributed by atoms with Crippen LogP contribution in [0.5, 0.6) is 5.75 Å². The van der Waals surface area contributed by atoms with Crippen molar-refractivity contribution in [3.8, 4) is 17.0 Å². The van der Waals surface area contributed by atoms with Gasteiger partial charge in [-0.05, 0) is 24.3 Å². The van der Waals surface area contributed by atoms with Gasteiger partial charge in [-0.2, -0.15) is 0 Å². The molecule has 0 spiro atoms. The molecule has 2 aromatic carbocycles. The van der Waals surface area contributed by atoms with Crippen molar-refractivity contribution >= 4 is 33.2 Å². The molecule has 126 valence electrons. The minimum absolute atomic E-state index is 0.333. The predicted molar refractivity (Wildman–Crippen MR) is 98.1 cm³/mol. The molecule has 0 bridgehead atoms. The molecule has 0 saturated carbocycles. The highest BCUT2D eigenvalue weighted by molar-refractivity contribution is 7.14. The molecular weight excluding hydrogens is 339 g/mol. The minimum atomic E-state index is -0.333. The Morgan fingerprint density at radius 3 is 2.92 bits per heavy atom. The number of benzene rings is 2. The zero-order valence-electron chi connectivity index (χ0n) is 13.7. The molecule has 1 N–H and O–H groups in total. The summed E-state index contributed by atoms with van der Waals surface area (Å²) in [7, 11) is 3.51. The first kappa shape index (κ1) is 15.6. The van der Waals surface area contributed by atoms with Crippen LogP contribution in [0.4, 0.5) is 15.2 Å². The number of halogens is 1. The van der Waals surface area contributed by atoms with Gasteiger partial charge in [0, 0.05) is 24.1 Å². The molecule has 0 amide bonds. The Morgan fingerprint density at radius 1 is 1.20 bits per heavy atom. The number of imidazole rings is 1. The zero-order valence-corrected chi connectivity index (χ0v) is 14.5. The Bertz CT molecular complexity index is 1060. The first-order valence-electron chi connectivity index (χ1n) is 7.61. The van der Waals surface area contributed by atoms with E-state index in [9.17, 15) is 4.39 Å². The fourth-order valence-corrected chi connectivity index (χ4v) is 3.38. The van der Waals surface area contributed by atoms with Gasteiger partial charge < -0.3 is 14.6 Å². The summed E-state index contributed by atoms with van der Waals surface area (Å²) in [6.45, 7) is 0. The van der Waals surface area contributed by atoms with Crippen LogP contribution in [0.3, 0.4) is 0 Å². The summed E-state index contributed by atoms with van der Waals surface area (Å²) < 4.78 is 20.7. The van der Waals surface area contributed by atoms with Crippen LogP contribution in [0.15, 0.2) is 48.1 Å². The van der Waals surface area contributed by atoms with E-state index in [4.69, 9.17) is 4.74 Å². The summed E-state index contributed by atoms with van der Waals surface area (Å²) in [6, 6.07) is 10.4. The molecule has 0 radical (unpaired) electrons. The van der Waals surface area contributed by atoms with E-state index in [-0.39, 0.29) is 5.82 Å². The number of hydrogen-bond acceptors (Lipinski definition) is 5. The molecule has 7 heteroatoms. The van der Waals surface area contributed by atoms with Crippen molar-refractivity contribution in [2.45, 2.75) is 0 Å². The molecule has 25 heavy (non-hydrogen) atoms. The van der Waals surface area contributed by atoms with Crippen LogP contribution in [0.25, 0.3) is 22.3 Å². The van der Waals surface area contributed by atoms with E-state index in [2.05, 4.69) is 15.3 Å². The number of anilines is 2. The number of methoxy groups -OCH3 is 1. The second kappa shape index (κ2) is 6.18. The second-order valence-electron chi connectivity index (χ2n) is 5.57. The third kappa shape index (κ3) is 2.94. The van der Waals surface area contributed by atoms with Crippen LogP contribution in [0, 0.1) is 5.82 Å². The molecule has 0 aliphatic carbocycles. The monoisotopic (exact) mass is 354 g/mol. The first-order valence-corrected chi connectivity index (χ1v) is 8.49. The average Bonchev–Trinajstić information content (AvgIpc) is 3.22. The molecule has 4 rings (SSSR count). The number of ether oxygens (including phenoxy) is 1. The van der Waals surface area contributed by atoms with E-state index in [0.29, 0.717) is 16.6 Å². The maximum Gasteiger partial charge on any atom is 0.187 e. The predicted octanol–water partition coefficient (Wildman–Crippen LogP) is 4.59. The SMILES string of the molecule is COc1ccc(F)cc1Nc1nc(-c2ccc3c(c2)ncn3C)cs1. The lowest BCUT2D eigenvalue weighted by atomic mass is 10.1. The number of nitrogens with zero attached hydrogens (tertiary/aromatic N) is 3. The average molecular weight is 354 g/mol. The lowest BCUT2D eigenvalue weighted by molar-refractivity contribution is 0.416. The van der Waals surface area contributed by atoms with Gasteiger partial charge in [-0.25, -0.2) is 14.4 Å². The van der Waals surface area contributed by atoms with Gasteiger partial charge in [0.05, 0.1) is 35.9 Å². The lowest BCUT2D eigenvalue weighted by Gasteiger charge is -2.08. The van der Waals surface area contributed by atoms with Crippen LogP contribution >= 0.6 is 11.3 Å². The smallest absolute Gasteiger partial charge is 0.187 e. The topological polar surface area (TPSA) is 52.0 Å². The highest BCUT2D eigenvalue weighted by atomic mass is 32.1. The van der Waals surface area contributed by atoms with Gasteiger partial charge in [0.15, 0.2) is 5.13 Å². The first-order chi connectivity index (χ1) is 12.1. The van der Waals surface area contributed by atoms with Gasteiger partial charge in [0.1, 0.15) is 11.6 Å². The molecule has 0 unspecified atom stereocenters. The van der Waals surface area contributed by atoms with Gasteiger partial charge in [-0.15, -0.1) is 11.3 Å². The number of thiazole rings is 1. The molecule has 0 aliphatic rings. The van der Waals surface area contributed by atoms with Crippen LogP contribution in [0.1, 0.15) is 0 Å². The van der Waals surface area contributed by atoms with Gasteiger partial charge in [-0.3, -0.25) is 0 Å². The van der Waals surface area contributed by atoms with Gasteiger partial charge in [0.25, 0.3) is 0 Å². The summed E-state index contributed by atoms with van der Waals surface area (Å²) in [5, 5.41) is 5.74. The fraction of sp³-hybridized carbons (Fsp3) is 0.111. The highest BCUT2D eigenvalue weighted by Gasteiger charge is 2.10. The number of aromatic nitrogens is 3. The van der Waals surface area contributed by atoms with E-state index < -0.39 is 0 Å². The van der Waals surface area contributed by atoms with E-state index in [1.54, 1.807) is 19.5 Å². The largest absolute Gasteiger partial charge is 0.495 e. The zero-order chi connectivity index (χ0) is 17.4. The van der Waals surface area contributed by atoms with Crippen LogP contribution in [0.2, 0.25) is 0 Å². The van der Waals surface area contributed by atoms with E-state index in [0.717, 1.165) is 22.3 Å². The van der Waals surface area contributed by atoms with Crippen molar-refractivity contribution in [1.82, 2.24) is 14.5 Å². The number of aryl methyl sites for hydroxylation is 1. The maximum absolute atomic E-state index is 13.5. The Balaban J connectivity index is 1.64. The van der Waals surface area contributed by atoms with Crippen molar-refractivity contribution in [2.75, 3.05) is 12.4 Å². The van der Waals surface area contributed by atoms with Crippen molar-refractivity contribution in [3.63, 3.8) is 0 Å². The number of rotatable bonds is 4. The van der Waals surface area contributed by atoms with Crippen molar-refractivity contribution in [1.29, 1.82) is 0 Å². The molecule has 4 aromatic rings. The standard InChI is InChI=1S/C18H15FN4OS/c1-23-10-20-13-7-11(3-5-16(13)23)15-9-25-18(22-15)21-14-8-12(19)4-6-17(14)24-2/h3-10H,1-2H3,(H,21,22). The van der Waals surface area contributed by atoms with Gasteiger partial charge in [0.2, 0.25) is 0 Å². The summed E-state index contributed by atoms with van der Waals surface area (Å²) >= 11 is 1.45. The van der Waals surface area contributed by atoms with Gasteiger partial charge in [-0.1, -0.05) is 6.07 Å². The normalized spacial score (nSPS) is 11.0. The Labute approximate surface area is 147 Å². The van der Waals surface area contributed by atoms with Gasteiger partial charge >= 0.3 is 0 Å². The fourth-order valence-electron chi connectivity index (χ4n) is 2.65. The Hall–Kier alpha value is -2.93. The Morgan fingerprint density at radius 2 is 2.08 bits per heavy atom. The second-order valence-corrected chi connectivity index (χ2v) is 6.42.